The number of hydrogen-bond donors (Lipinski definition) is 1. The van der Waals surface area contributed by atoms with Crippen molar-refractivity contribution in [1.29, 1.82) is 0 Å². The molecule has 3 N–H and O–H groups in total. The summed E-state index contributed by atoms with van der Waals surface area (Å²) in [5.74, 6) is -0.0452. The summed E-state index contributed by atoms with van der Waals surface area (Å²) < 4.78 is 0. The lowest BCUT2D eigenvalue weighted by atomic mass is 9.96. The molecule has 4 rings (SSSR count). The number of nitrogens with two attached hydrogens (primary N) is 1. The largest absolute Gasteiger partial charge is 0.397 e. The first-order valence-electron chi connectivity index (χ1n) is 8.70. The zero-order valence-corrected chi connectivity index (χ0v) is 15.5. The van der Waals surface area contributed by atoms with Crippen LogP contribution in [-0.4, -0.2) is 5.78 Å². The highest BCUT2D eigenvalue weighted by Crippen LogP contribution is 2.34. The van der Waals surface area contributed by atoms with Gasteiger partial charge in [-0.05, 0) is 49.6 Å². The van der Waals surface area contributed by atoms with Crippen LogP contribution < -0.4 is 10.7 Å². The number of pyridine rings is 1. The zero-order chi connectivity index (χ0) is 17.4. The number of nitrogens with one attached hydrogen (secondary N) is 1. The molecule has 0 unspecified atom stereocenters. The summed E-state index contributed by atoms with van der Waals surface area (Å²) in [6.07, 6.45) is 7.16. The van der Waals surface area contributed by atoms with Crippen molar-refractivity contribution in [3.05, 3.63) is 57.1 Å². The van der Waals surface area contributed by atoms with Crippen molar-refractivity contribution in [3.63, 3.8) is 0 Å². The molecule has 0 saturated carbocycles. The zero-order valence-electron chi connectivity index (χ0n) is 13.9. The maximum absolute atomic E-state index is 12.9. The normalized spacial score (nSPS) is 14.8. The van der Waals surface area contributed by atoms with Crippen molar-refractivity contribution in [2.45, 2.75) is 38.5 Å². The highest BCUT2D eigenvalue weighted by atomic mass is 35.5. The molecule has 5 heteroatoms. The summed E-state index contributed by atoms with van der Waals surface area (Å²) in [6, 6.07) is 9.15. The van der Waals surface area contributed by atoms with Gasteiger partial charge >= 0.3 is 0 Å². The van der Waals surface area contributed by atoms with Crippen LogP contribution in [0, 0.1) is 0 Å². The molecule has 3 nitrogen and oxygen atoms in total. The molecule has 2 aromatic heterocycles. The van der Waals surface area contributed by atoms with E-state index < -0.39 is 0 Å². The van der Waals surface area contributed by atoms with Gasteiger partial charge in [-0.1, -0.05) is 35.8 Å². The second-order valence-corrected chi connectivity index (χ2v) is 8.07. The van der Waals surface area contributed by atoms with E-state index in [9.17, 15) is 4.79 Å². The number of fused-ring (bicyclic) bond motifs is 2. The topological polar surface area (TPSA) is 57.2 Å². The van der Waals surface area contributed by atoms with Gasteiger partial charge in [-0.15, -0.1) is 0 Å². The van der Waals surface area contributed by atoms with E-state index in [1.54, 1.807) is 24.3 Å². The van der Waals surface area contributed by atoms with Crippen LogP contribution in [0.25, 0.3) is 10.2 Å². The number of aryl methyl sites for hydroxylation is 2. The van der Waals surface area contributed by atoms with Crippen molar-refractivity contribution in [3.8, 4) is 0 Å². The first-order chi connectivity index (χ1) is 12.1. The molecular weight excluding hydrogens is 352 g/mol. The summed E-state index contributed by atoms with van der Waals surface area (Å²) in [4.78, 5) is 18.0. The van der Waals surface area contributed by atoms with Crippen LogP contribution in [0.1, 0.15) is 52.2 Å². The van der Waals surface area contributed by atoms with E-state index in [2.05, 4.69) is 11.1 Å². The van der Waals surface area contributed by atoms with Crippen LogP contribution in [0.15, 0.2) is 30.3 Å². The molecule has 128 valence electrons. The Morgan fingerprint density at radius 1 is 1.08 bits per heavy atom. The van der Waals surface area contributed by atoms with Crippen molar-refractivity contribution in [1.82, 2.24) is 0 Å². The van der Waals surface area contributed by atoms with Crippen LogP contribution in [0.5, 0.6) is 0 Å². The number of thiophene rings is 1. The summed E-state index contributed by atoms with van der Waals surface area (Å²) in [6.45, 7) is 0. The van der Waals surface area contributed by atoms with E-state index in [0.717, 1.165) is 23.1 Å². The van der Waals surface area contributed by atoms with Crippen LogP contribution in [0.2, 0.25) is 5.02 Å². The Hall–Kier alpha value is -1.91. The van der Waals surface area contributed by atoms with E-state index in [-0.39, 0.29) is 5.78 Å². The molecule has 1 aromatic carbocycles. The highest BCUT2D eigenvalue weighted by molar-refractivity contribution is 7.21. The number of aromatic nitrogens is 1. The summed E-state index contributed by atoms with van der Waals surface area (Å²) in [7, 11) is 0. The molecular formula is C20H20ClN2OS+. The number of carbonyl (C=O) groups is 1. The lowest BCUT2D eigenvalue weighted by Gasteiger charge is -2.08. The number of nitrogen functional groups attached to an aromatic ring is 1. The summed E-state index contributed by atoms with van der Waals surface area (Å²) in [5, 5.41) is 1.59. The minimum Gasteiger partial charge on any atom is -0.397 e. The molecule has 0 fully saturated rings. The summed E-state index contributed by atoms with van der Waals surface area (Å²) in [5.41, 5.74) is 10.2. The average Bonchev–Trinajstić information content (AvgIpc) is 2.91. The van der Waals surface area contributed by atoms with E-state index >= 15 is 0 Å². The quantitative estimate of drug-likeness (QED) is 0.655. The van der Waals surface area contributed by atoms with Crippen LogP contribution >= 0.6 is 22.9 Å². The fourth-order valence-corrected chi connectivity index (χ4v) is 4.70. The second kappa shape index (κ2) is 6.77. The number of H-pyrrole nitrogens is 1. The Bertz CT molecular complexity index is 946. The van der Waals surface area contributed by atoms with Gasteiger partial charge < -0.3 is 5.73 Å². The molecule has 1 aliphatic carbocycles. The van der Waals surface area contributed by atoms with Crippen molar-refractivity contribution < 1.29 is 9.78 Å². The molecule has 0 amide bonds. The van der Waals surface area contributed by atoms with Gasteiger partial charge in [-0.3, -0.25) is 4.79 Å². The van der Waals surface area contributed by atoms with Crippen LogP contribution in [-0.2, 0) is 12.8 Å². The van der Waals surface area contributed by atoms with Crippen molar-refractivity contribution in [2.24, 2.45) is 0 Å². The minimum absolute atomic E-state index is 0.0452. The number of ketones is 1. The average molecular weight is 372 g/mol. The summed E-state index contributed by atoms with van der Waals surface area (Å²) >= 11 is 7.37. The monoisotopic (exact) mass is 371 g/mol. The number of carbonyl (C=O) groups excluding carboxylic acids is 1. The lowest BCUT2D eigenvalue weighted by molar-refractivity contribution is -0.355. The Labute approximate surface area is 155 Å². The van der Waals surface area contributed by atoms with Crippen molar-refractivity contribution >= 4 is 44.6 Å². The highest BCUT2D eigenvalue weighted by Gasteiger charge is 2.24. The van der Waals surface area contributed by atoms with Gasteiger partial charge in [0.25, 0.3) is 4.83 Å². The van der Waals surface area contributed by atoms with E-state index in [0.29, 0.717) is 21.2 Å². The molecule has 0 saturated heterocycles. The molecule has 0 bridgehead atoms. The van der Waals surface area contributed by atoms with E-state index in [1.807, 2.05) is 0 Å². The molecule has 0 radical (unpaired) electrons. The number of rotatable bonds is 2. The number of halogens is 1. The Balaban J connectivity index is 1.79. The minimum atomic E-state index is -0.0452. The fourth-order valence-electron chi connectivity index (χ4n) is 3.49. The Morgan fingerprint density at radius 2 is 1.80 bits per heavy atom. The molecule has 0 aliphatic heterocycles. The smallest absolute Gasteiger partial charge is 0.270 e. The third-order valence-corrected chi connectivity index (χ3v) is 6.28. The predicted molar refractivity (Wildman–Crippen MR) is 104 cm³/mol. The van der Waals surface area contributed by atoms with Crippen molar-refractivity contribution in [2.75, 3.05) is 5.73 Å². The standard InChI is InChI=1S/C20H19ClN2OS/c21-14-9-7-12(8-10-14)18(24)19-17(22)15-11-13-5-3-1-2-4-6-16(13)23-20(15)25-19/h7-11H,1-6,22H2/p+1. The maximum atomic E-state index is 12.9. The third-order valence-electron chi connectivity index (χ3n) is 4.89. The van der Waals surface area contributed by atoms with Gasteiger partial charge in [0.2, 0.25) is 5.78 Å². The molecule has 3 aromatic rings. The van der Waals surface area contributed by atoms with Gasteiger partial charge in [-0.25, -0.2) is 0 Å². The second-order valence-electron chi connectivity index (χ2n) is 6.61. The fraction of sp³-hybridized carbons (Fsp3) is 0.300. The lowest BCUT2D eigenvalue weighted by Crippen LogP contribution is -2.16. The maximum Gasteiger partial charge on any atom is 0.270 e. The number of hydrogen-bond acceptors (Lipinski definition) is 3. The predicted octanol–water partition coefficient (Wildman–Crippen LogP) is 4.84. The first-order valence-corrected chi connectivity index (χ1v) is 9.89. The molecule has 1 aliphatic rings. The Morgan fingerprint density at radius 3 is 2.56 bits per heavy atom. The number of aromatic amines is 1. The molecule has 2 heterocycles. The van der Waals surface area contributed by atoms with Crippen LogP contribution in [0.4, 0.5) is 5.69 Å². The number of benzene rings is 1. The van der Waals surface area contributed by atoms with Gasteiger partial charge in [-0.2, -0.15) is 4.98 Å². The molecule has 0 atom stereocenters. The third kappa shape index (κ3) is 3.16. The van der Waals surface area contributed by atoms with Gasteiger partial charge in [0.15, 0.2) is 5.69 Å². The van der Waals surface area contributed by atoms with Gasteiger partial charge in [0.1, 0.15) is 4.88 Å². The Kier molecular flexibility index (Phi) is 4.48. The number of anilines is 1. The first kappa shape index (κ1) is 16.6. The molecule has 25 heavy (non-hydrogen) atoms. The van der Waals surface area contributed by atoms with Gasteiger partial charge in [0, 0.05) is 22.6 Å². The van der Waals surface area contributed by atoms with Crippen LogP contribution in [0.3, 0.4) is 0 Å². The SMILES string of the molecule is Nc1c(C(=O)c2ccc(Cl)cc2)sc2[nH+]c3c(cc12)CCCCCC3. The van der Waals surface area contributed by atoms with E-state index in [1.165, 1.54) is 48.3 Å². The van der Waals surface area contributed by atoms with E-state index in [4.69, 9.17) is 17.3 Å². The molecule has 0 spiro atoms. The van der Waals surface area contributed by atoms with Gasteiger partial charge in [0.05, 0.1) is 11.1 Å².